The molecule has 0 fully saturated rings. The van der Waals surface area contributed by atoms with E-state index in [1.54, 1.807) is 0 Å². The van der Waals surface area contributed by atoms with Crippen LogP contribution < -0.4 is 11.1 Å². The van der Waals surface area contributed by atoms with Gasteiger partial charge in [-0.05, 0) is 36.4 Å². The maximum atomic E-state index is 11.8. The fraction of sp³-hybridized carbons (Fsp3) is 0.562. The molecule has 0 heterocycles. The summed E-state index contributed by atoms with van der Waals surface area (Å²) in [5.74, 6) is 0.640. The molecule has 0 bridgehead atoms. The third kappa shape index (κ3) is 6.17. The molecule has 112 valence electrons. The van der Waals surface area contributed by atoms with Crippen molar-refractivity contribution in [3.05, 3.63) is 35.4 Å². The van der Waals surface area contributed by atoms with Crippen LogP contribution in [0.1, 0.15) is 43.7 Å². The molecule has 20 heavy (non-hydrogen) atoms. The van der Waals surface area contributed by atoms with Crippen LogP contribution in [-0.2, 0) is 17.9 Å². The smallest absolute Gasteiger partial charge is 0.220 e. The third-order valence-electron chi connectivity index (χ3n) is 3.63. The molecule has 0 aromatic heterocycles. The Balaban J connectivity index is 2.28. The normalized spacial score (nSPS) is 12.2. The molecule has 0 spiro atoms. The van der Waals surface area contributed by atoms with Gasteiger partial charge >= 0.3 is 0 Å². The zero-order chi connectivity index (χ0) is 14.8. The summed E-state index contributed by atoms with van der Waals surface area (Å²) in [6, 6.07) is 7.59. The highest BCUT2D eigenvalue weighted by Gasteiger charge is 2.08. The highest BCUT2D eigenvalue weighted by Crippen LogP contribution is 2.14. The summed E-state index contributed by atoms with van der Waals surface area (Å²) in [6.07, 6.45) is 3.54. The van der Waals surface area contributed by atoms with Crippen LogP contribution in [0.15, 0.2) is 24.3 Å². The zero-order valence-electron chi connectivity index (χ0n) is 12.3. The van der Waals surface area contributed by atoms with E-state index in [9.17, 15) is 4.79 Å². The minimum absolute atomic E-state index is 0.0478. The van der Waals surface area contributed by atoms with Gasteiger partial charge in [0.15, 0.2) is 0 Å². The van der Waals surface area contributed by atoms with E-state index >= 15 is 0 Å². The lowest BCUT2D eigenvalue weighted by atomic mass is 9.96. The molecule has 0 aliphatic carbocycles. The van der Waals surface area contributed by atoms with E-state index in [4.69, 9.17) is 10.8 Å². The molecule has 1 aromatic rings. The van der Waals surface area contributed by atoms with Gasteiger partial charge in [-0.3, -0.25) is 4.79 Å². The molecule has 0 aliphatic heterocycles. The van der Waals surface area contributed by atoms with E-state index in [0.29, 0.717) is 25.4 Å². The monoisotopic (exact) mass is 278 g/mol. The number of rotatable bonds is 9. The summed E-state index contributed by atoms with van der Waals surface area (Å²) < 4.78 is 0. The zero-order valence-corrected chi connectivity index (χ0v) is 12.3. The van der Waals surface area contributed by atoms with Crippen LogP contribution >= 0.6 is 0 Å². The quantitative estimate of drug-likeness (QED) is 0.646. The van der Waals surface area contributed by atoms with Crippen LogP contribution in [-0.4, -0.2) is 17.6 Å². The molecule has 1 atom stereocenters. The molecule has 4 N–H and O–H groups in total. The second-order valence-electron chi connectivity index (χ2n) is 5.14. The van der Waals surface area contributed by atoms with Crippen LogP contribution in [0.5, 0.6) is 0 Å². The van der Waals surface area contributed by atoms with Gasteiger partial charge in [0, 0.05) is 13.0 Å². The predicted octanol–water partition coefficient (Wildman–Crippen LogP) is 1.95. The molecular weight excluding hydrogens is 252 g/mol. The van der Waals surface area contributed by atoms with Crippen molar-refractivity contribution in [2.24, 2.45) is 11.7 Å². The number of carbonyl (C=O) groups excluding carboxylic acids is 1. The van der Waals surface area contributed by atoms with Crippen molar-refractivity contribution in [2.45, 2.75) is 45.8 Å². The second-order valence-corrected chi connectivity index (χ2v) is 5.14. The molecule has 0 saturated carbocycles. The molecule has 1 rings (SSSR count). The summed E-state index contributed by atoms with van der Waals surface area (Å²) in [5.41, 5.74) is 7.48. The fourth-order valence-electron chi connectivity index (χ4n) is 2.18. The van der Waals surface area contributed by atoms with Gasteiger partial charge in [0.05, 0.1) is 6.61 Å². The van der Waals surface area contributed by atoms with Crippen molar-refractivity contribution in [1.82, 2.24) is 5.32 Å². The van der Waals surface area contributed by atoms with E-state index < -0.39 is 0 Å². The Morgan fingerprint density at radius 3 is 2.45 bits per heavy atom. The first-order valence-electron chi connectivity index (χ1n) is 7.35. The molecule has 0 saturated heterocycles. The van der Waals surface area contributed by atoms with E-state index in [-0.39, 0.29) is 12.5 Å². The summed E-state index contributed by atoms with van der Waals surface area (Å²) in [5, 5.41) is 11.9. The van der Waals surface area contributed by atoms with Gasteiger partial charge in [-0.15, -0.1) is 0 Å². The molecule has 0 radical (unpaired) electrons. The summed E-state index contributed by atoms with van der Waals surface area (Å²) in [4.78, 5) is 11.8. The number of benzene rings is 1. The summed E-state index contributed by atoms with van der Waals surface area (Å²) in [7, 11) is 0. The van der Waals surface area contributed by atoms with Crippen molar-refractivity contribution < 1.29 is 9.90 Å². The van der Waals surface area contributed by atoms with Crippen molar-refractivity contribution in [3.63, 3.8) is 0 Å². The maximum absolute atomic E-state index is 11.8. The van der Waals surface area contributed by atoms with Crippen molar-refractivity contribution >= 4 is 5.91 Å². The predicted molar refractivity (Wildman–Crippen MR) is 80.9 cm³/mol. The van der Waals surface area contributed by atoms with E-state index in [0.717, 1.165) is 30.4 Å². The maximum Gasteiger partial charge on any atom is 0.220 e. The van der Waals surface area contributed by atoms with Crippen LogP contribution in [0.25, 0.3) is 0 Å². The number of nitrogens with two attached hydrogens (primary N) is 1. The first kappa shape index (κ1) is 16.7. The fourth-order valence-corrected chi connectivity index (χ4v) is 2.18. The Morgan fingerprint density at radius 2 is 1.90 bits per heavy atom. The van der Waals surface area contributed by atoms with Crippen LogP contribution in [0.2, 0.25) is 0 Å². The number of hydrogen-bond acceptors (Lipinski definition) is 3. The average Bonchev–Trinajstić information content (AvgIpc) is 2.49. The van der Waals surface area contributed by atoms with Crippen molar-refractivity contribution in [1.29, 1.82) is 0 Å². The highest BCUT2D eigenvalue weighted by atomic mass is 16.3. The topological polar surface area (TPSA) is 75.4 Å². The number of carbonyl (C=O) groups is 1. The standard InChI is InChI=1S/C16H26N2O2/c1-2-13(9-10-17)7-8-16(20)18-11-14-3-5-15(12-19)6-4-14/h3-6,13,19H,2,7-12,17H2,1H3,(H,18,20). The Bertz CT molecular complexity index is 390. The van der Waals surface area contributed by atoms with Gasteiger partial charge < -0.3 is 16.2 Å². The number of amides is 1. The Morgan fingerprint density at radius 1 is 1.25 bits per heavy atom. The minimum atomic E-state index is 0.0478. The van der Waals surface area contributed by atoms with Gasteiger partial charge in [0.25, 0.3) is 0 Å². The van der Waals surface area contributed by atoms with Crippen molar-refractivity contribution in [2.75, 3.05) is 6.54 Å². The number of nitrogens with one attached hydrogen (secondary N) is 1. The SMILES string of the molecule is CCC(CCN)CCC(=O)NCc1ccc(CO)cc1. The van der Waals surface area contributed by atoms with Gasteiger partial charge in [-0.2, -0.15) is 0 Å². The lowest BCUT2D eigenvalue weighted by Crippen LogP contribution is -2.23. The van der Waals surface area contributed by atoms with E-state index in [1.807, 2.05) is 24.3 Å². The van der Waals surface area contributed by atoms with E-state index in [2.05, 4.69) is 12.2 Å². The van der Waals surface area contributed by atoms with Gasteiger partial charge in [-0.1, -0.05) is 37.6 Å². The lowest BCUT2D eigenvalue weighted by Gasteiger charge is -2.13. The van der Waals surface area contributed by atoms with Crippen LogP contribution in [0.4, 0.5) is 0 Å². The number of hydrogen-bond donors (Lipinski definition) is 3. The molecule has 4 heteroatoms. The van der Waals surface area contributed by atoms with Gasteiger partial charge in [0.1, 0.15) is 0 Å². The highest BCUT2D eigenvalue weighted by molar-refractivity contribution is 5.75. The van der Waals surface area contributed by atoms with Crippen molar-refractivity contribution in [3.8, 4) is 0 Å². The molecule has 1 amide bonds. The second kappa shape index (κ2) is 9.50. The third-order valence-corrected chi connectivity index (χ3v) is 3.63. The van der Waals surface area contributed by atoms with Gasteiger partial charge in [0.2, 0.25) is 5.91 Å². The first-order chi connectivity index (χ1) is 9.69. The first-order valence-corrected chi connectivity index (χ1v) is 7.35. The summed E-state index contributed by atoms with van der Waals surface area (Å²) >= 11 is 0. The minimum Gasteiger partial charge on any atom is -0.392 e. The largest absolute Gasteiger partial charge is 0.392 e. The average molecular weight is 278 g/mol. The molecule has 1 unspecified atom stereocenters. The molecule has 4 nitrogen and oxygen atoms in total. The Hall–Kier alpha value is -1.39. The number of aliphatic hydroxyl groups excluding tert-OH is 1. The van der Waals surface area contributed by atoms with E-state index in [1.165, 1.54) is 0 Å². The molecular formula is C16H26N2O2. The van der Waals surface area contributed by atoms with Crippen LogP contribution in [0.3, 0.4) is 0 Å². The van der Waals surface area contributed by atoms with Crippen LogP contribution in [0, 0.1) is 5.92 Å². The van der Waals surface area contributed by atoms with Gasteiger partial charge in [-0.25, -0.2) is 0 Å². The Kier molecular flexibility index (Phi) is 7.92. The summed E-state index contributed by atoms with van der Waals surface area (Å²) in [6.45, 7) is 3.42. The molecule has 0 aliphatic rings. The molecule has 1 aromatic carbocycles. The Labute approximate surface area is 121 Å². The lowest BCUT2D eigenvalue weighted by molar-refractivity contribution is -0.121. The number of aliphatic hydroxyl groups is 1.